The van der Waals surface area contributed by atoms with Crippen LogP contribution in [0.25, 0.3) is 11.3 Å². The maximum Gasteiger partial charge on any atom is 0.141 e. The first-order chi connectivity index (χ1) is 11.9. The summed E-state index contributed by atoms with van der Waals surface area (Å²) < 4.78 is 15.5. The van der Waals surface area contributed by atoms with Crippen LogP contribution in [-0.2, 0) is 12.1 Å². The fourth-order valence-corrected chi connectivity index (χ4v) is 3.30. The van der Waals surface area contributed by atoms with Gasteiger partial charge in [-0.25, -0.2) is 9.37 Å². The minimum atomic E-state index is -0.945. The summed E-state index contributed by atoms with van der Waals surface area (Å²) in [6.07, 6.45) is 3.16. The normalized spacial score (nSPS) is 17.2. The van der Waals surface area contributed by atoms with Gasteiger partial charge in [-0.3, -0.25) is 0 Å². The van der Waals surface area contributed by atoms with Crippen LogP contribution < -0.4 is 5.32 Å². The molecule has 7 heteroatoms. The van der Waals surface area contributed by atoms with Crippen molar-refractivity contribution in [2.45, 2.75) is 25.0 Å². The number of nitrogens with zero attached hydrogens (tertiary/aromatic N) is 3. The predicted octanol–water partition coefficient (Wildman–Crippen LogP) is 2.48. The van der Waals surface area contributed by atoms with Gasteiger partial charge in [0.2, 0.25) is 0 Å². The molecule has 25 heavy (non-hydrogen) atoms. The molecule has 2 aromatic rings. The number of hydrogen-bond donors (Lipinski definition) is 2. The highest BCUT2D eigenvalue weighted by Gasteiger charge is 2.36. The van der Waals surface area contributed by atoms with Crippen LogP contribution in [0.15, 0.2) is 24.4 Å². The maximum absolute atomic E-state index is 13.5. The Kier molecular flexibility index (Phi) is 5.43. The van der Waals surface area contributed by atoms with Crippen LogP contribution in [0.2, 0.25) is 5.02 Å². The Morgan fingerprint density at radius 3 is 2.72 bits per heavy atom. The number of nitrogens with one attached hydrogen (secondary N) is 1. The van der Waals surface area contributed by atoms with E-state index in [9.17, 15) is 9.50 Å². The third-order valence-electron chi connectivity index (χ3n) is 4.63. The molecule has 2 N–H and O–H groups in total. The van der Waals surface area contributed by atoms with Gasteiger partial charge < -0.3 is 19.9 Å². The van der Waals surface area contributed by atoms with Gasteiger partial charge in [0.05, 0.1) is 10.7 Å². The Bertz CT molecular complexity index is 741. The molecular weight excluding hydrogens is 343 g/mol. The molecule has 0 atom stereocenters. The first-order valence-electron chi connectivity index (χ1n) is 8.50. The van der Waals surface area contributed by atoms with Gasteiger partial charge in [-0.15, -0.1) is 0 Å². The number of piperidine rings is 1. The summed E-state index contributed by atoms with van der Waals surface area (Å²) in [6.45, 7) is 3.07. The van der Waals surface area contributed by atoms with Crippen molar-refractivity contribution in [1.82, 2.24) is 19.8 Å². The standard InChI is InChI=1S/C18H24ClFN4O/c1-23(2)9-10-24-12-16(13-3-4-15(20)14(19)11-13)22-17(24)18(25)5-7-21-8-6-18/h3-4,11-12,21,25H,5-10H2,1-2H3. The molecule has 1 fully saturated rings. The molecule has 1 aromatic carbocycles. The number of hydrogen-bond acceptors (Lipinski definition) is 4. The Hall–Kier alpha value is -1.47. The van der Waals surface area contributed by atoms with Crippen LogP contribution in [0.3, 0.4) is 0 Å². The van der Waals surface area contributed by atoms with Crippen molar-refractivity contribution in [3.8, 4) is 11.3 Å². The second-order valence-electron chi connectivity index (χ2n) is 6.86. The van der Waals surface area contributed by atoms with Crippen LogP contribution in [0, 0.1) is 5.82 Å². The van der Waals surface area contributed by atoms with Gasteiger partial charge in [0.25, 0.3) is 0 Å². The van der Waals surface area contributed by atoms with E-state index in [1.165, 1.54) is 6.07 Å². The lowest BCUT2D eigenvalue weighted by molar-refractivity contribution is -0.00577. The number of imidazole rings is 1. The molecule has 5 nitrogen and oxygen atoms in total. The molecule has 0 saturated carbocycles. The second-order valence-corrected chi connectivity index (χ2v) is 7.26. The van der Waals surface area contributed by atoms with Crippen molar-refractivity contribution in [2.75, 3.05) is 33.7 Å². The zero-order chi connectivity index (χ0) is 18.0. The number of benzene rings is 1. The molecule has 3 rings (SSSR count). The van der Waals surface area contributed by atoms with Gasteiger partial charge in [-0.2, -0.15) is 0 Å². The van der Waals surface area contributed by atoms with Crippen LogP contribution >= 0.6 is 11.6 Å². The van der Waals surface area contributed by atoms with E-state index in [1.54, 1.807) is 12.1 Å². The quantitative estimate of drug-likeness (QED) is 0.853. The summed E-state index contributed by atoms with van der Waals surface area (Å²) in [5, 5.41) is 14.5. The molecule has 0 bridgehead atoms. The Morgan fingerprint density at radius 1 is 1.36 bits per heavy atom. The van der Waals surface area contributed by atoms with Crippen molar-refractivity contribution in [3.63, 3.8) is 0 Å². The largest absolute Gasteiger partial charge is 0.382 e. The van der Waals surface area contributed by atoms with Crippen LogP contribution in [0.5, 0.6) is 0 Å². The highest BCUT2D eigenvalue weighted by molar-refractivity contribution is 6.31. The van der Waals surface area contributed by atoms with E-state index >= 15 is 0 Å². The third-order valence-corrected chi connectivity index (χ3v) is 4.92. The Morgan fingerprint density at radius 2 is 2.08 bits per heavy atom. The predicted molar refractivity (Wildman–Crippen MR) is 97.2 cm³/mol. The number of aliphatic hydroxyl groups is 1. The van der Waals surface area contributed by atoms with E-state index in [0.717, 1.165) is 31.7 Å². The smallest absolute Gasteiger partial charge is 0.141 e. The molecule has 0 aliphatic carbocycles. The summed E-state index contributed by atoms with van der Waals surface area (Å²) in [6, 6.07) is 4.58. The average molecular weight is 367 g/mol. The summed E-state index contributed by atoms with van der Waals surface area (Å²) in [4.78, 5) is 6.80. The van der Waals surface area contributed by atoms with E-state index in [0.29, 0.717) is 24.4 Å². The van der Waals surface area contributed by atoms with Crippen molar-refractivity contribution in [2.24, 2.45) is 0 Å². The molecular formula is C18H24ClFN4O. The van der Waals surface area contributed by atoms with Crippen LogP contribution in [0.1, 0.15) is 18.7 Å². The molecule has 1 aliphatic heterocycles. The first-order valence-corrected chi connectivity index (χ1v) is 8.88. The number of rotatable bonds is 5. The van der Waals surface area contributed by atoms with E-state index in [1.807, 2.05) is 24.9 Å². The molecule has 0 amide bonds. The van der Waals surface area contributed by atoms with E-state index < -0.39 is 11.4 Å². The average Bonchev–Trinajstić information content (AvgIpc) is 3.01. The zero-order valence-electron chi connectivity index (χ0n) is 14.6. The minimum absolute atomic E-state index is 0.0717. The number of aromatic nitrogens is 2. The highest BCUT2D eigenvalue weighted by atomic mass is 35.5. The fraction of sp³-hybridized carbons (Fsp3) is 0.500. The van der Waals surface area contributed by atoms with Crippen molar-refractivity contribution in [3.05, 3.63) is 41.1 Å². The van der Waals surface area contributed by atoms with Crippen molar-refractivity contribution < 1.29 is 9.50 Å². The summed E-state index contributed by atoms with van der Waals surface area (Å²) >= 11 is 5.92. The van der Waals surface area contributed by atoms with Crippen LogP contribution in [0.4, 0.5) is 4.39 Å². The van der Waals surface area contributed by atoms with E-state index in [-0.39, 0.29) is 5.02 Å². The van der Waals surface area contributed by atoms with Gasteiger partial charge in [0, 0.05) is 24.8 Å². The van der Waals surface area contributed by atoms with Gasteiger partial charge in [-0.05, 0) is 58.2 Å². The number of likely N-dealkylation sites (N-methyl/N-ethyl adjacent to an activating group) is 1. The maximum atomic E-state index is 13.5. The molecule has 0 radical (unpaired) electrons. The fourth-order valence-electron chi connectivity index (χ4n) is 3.12. The molecule has 0 unspecified atom stereocenters. The third kappa shape index (κ3) is 4.03. The van der Waals surface area contributed by atoms with Gasteiger partial charge in [0.1, 0.15) is 17.2 Å². The highest BCUT2D eigenvalue weighted by Crippen LogP contribution is 2.33. The second kappa shape index (κ2) is 7.41. The Balaban J connectivity index is 1.99. The zero-order valence-corrected chi connectivity index (χ0v) is 15.4. The van der Waals surface area contributed by atoms with Crippen molar-refractivity contribution >= 4 is 11.6 Å². The lowest BCUT2D eigenvalue weighted by Gasteiger charge is -2.32. The summed E-state index contributed by atoms with van der Waals surface area (Å²) in [5.74, 6) is 0.223. The lowest BCUT2D eigenvalue weighted by Crippen LogP contribution is -2.41. The van der Waals surface area contributed by atoms with Gasteiger partial charge in [0.15, 0.2) is 0 Å². The monoisotopic (exact) mass is 366 g/mol. The SMILES string of the molecule is CN(C)CCn1cc(-c2ccc(F)c(Cl)c2)nc1C1(O)CCNCC1. The topological polar surface area (TPSA) is 53.3 Å². The Labute approximate surface area is 152 Å². The van der Waals surface area contributed by atoms with Gasteiger partial charge >= 0.3 is 0 Å². The van der Waals surface area contributed by atoms with Crippen LogP contribution in [-0.4, -0.2) is 53.3 Å². The van der Waals surface area contributed by atoms with E-state index in [4.69, 9.17) is 16.6 Å². The van der Waals surface area contributed by atoms with E-state index in [2.05, 4.69) is 10.2 Å². The lowest BCUT2D eigenvalue weighted by atomic mass is 9.91. The molecule has 1 aliphatic rings. The summed E-state index contributed by atoms with van der Waals surface area (Å²) in [7, 11) is 4.02. The number of halogens is 2. The molecule has 136 valence electrons. The van der Waals surface area contributed by atoms with Gasteiger partial charge in [-0.1, -0.05) is 11.6 Å². The molecule has 0 spiro atoms. The van der Waals surface area contributed by atoms with Crippen molar-refractivity contribution in [1.29, 1.82) is 0 Å². The minimum Gasteiger partial charge on any atom is -0.382 e. The molecule has 1 saturated heterocycles. The molecule has 2 heterocycles. The molecule has 1 aromatic heterocycles. The first kappa shape index (κ1) is 18.3. The summed E-state index contributed by atoms with van der Waals surface area (Å²) in [5.41, 5.74) is 0.496.